The van der Waals surface area contributed by atoms with Crippen LogP contribution in [0.2, 0.25) is 0 Å². The Morgan fingerprint density at radius 2 is 2.23 bits per heavy atom. The van der Waals surface area contributed by atoms with Crippen LogP contribution in [-0.2, 0) is 4.79 Å². The maximum atomic E-state index is 12.4. The van der Waals surface area contributed by atoms with Crippen molar-refractivity contribution in [3.8, 4) is 5.75 Å². The second-order valence-electron chi connectivity index (χ2n) is 5.02. The molecule has 5 heteroatoms. The molecule has 0 radical (unpaired) electrons. The molecule has 0 aromatic heterocycles. The van der Waals surface area contributed by atoms with Gasteiger partial charge in [-0.3, -0.25) is 9.69 Å². The molecule has 1 unspecified atom stereocenters. The highest BCUT2D eigenvalue weighted by Gasteiger charge is 2.32. The number of amides is 1. The average Bonchev–Trinajstić information content (AvgIpc) is 2.76. The molecule has 0 saturated carbocycles. The predicted octanol–water partition coefficient (Wildman–Crippen LogP) is 3.78. The van der Waals surface area contributed by atoms with Crippen LogP contribution >= 0.6 is 24.0 Å². The Morgan fingerprint density at radius 3 is 3.00 bits per heavy atom. The lowest BCUT2D eigenvalue weighted by molar-refractivity contribution is -0.121. The van der Waals surface area contributed by atoms with Gasteiger partial charge < -0.3 is 4.74 Å². The molecule has 0 aliphatic carbocycles. The minimum Gasteiger partial charge on any atom is -0.485 e. The van der Waals surface area contributed by atoms with E-state index in [2.05, 4.69) is 12.7 Å². The second kappa shape index (κ2) is 6.10. The summed E-state index contributed by atoms with van der Waals surface area (Å²) in [4.78, 5) is 14.6. The van der Waals surface area contributed by atoms with Crippen LogP contribution in [0.4, 0.5) is 0 Å². The first-order chi connectivity index (χ1) is 10.6. The van der Waals surface area contributed by atoms with Gasteiger partial charge in [0.1, 0.15) is 16.2 Å². The van der Waals surface area contributed by atoms with E-state index in [0.717, 1.165) is 16.9 Å². The van der Waals surface area contributed by atoms with Gasteiger partial charge in [0.25, 0.3) is 5.91 Å². The Bertz CT molecular complexity index is 721. The standard InChI is InChI=1S/C17H15NO2S2/c1-3-8-18-16(19)15(22-17(18)21)10-13-9-12-6-4-5-7-14(12)20-11(13)2/h3-7,9-11H,1,8H2,2H3/b15-10-. The second-order valence-corrected chi connectivity index (χ2v) is 6.70. The quantitative estimate of drug-likeness (QED) is 0.479. The van der Waals surface area contributed by atoms with Crippen LogP contribution < -0.4 is 4.74 Å². The number of carbonyl (C=O) groups is 1. The summed E-state index contributed by atoms with van der Waals surface area (Å²) in [5.74, 6) is 0.799. The molecular formula is C17H15NO2S2. The van der Waals surface area contributed by atoms with Gasteiger partial charge in [0.05, 0.1) is 4.91 Å². The van der Waals surface area contributed by atoms with Crippen molar-refractivity contribution in [2.24, 2.45) is 0 Å². The molecule has 22 heavy (non-hydrogen) atoms. The van der Waals surface area contributed by atoms with Crippen LogP contribution in [0.3, 0.4) is 0 Å². The zero-order chi connectivity index (χ0) is 15.7. The van der Waals surface area contributed by atoms with Crippen molar-refractivity contribution in [2.45, 2.75) is 13.0 Å². The molecule has 1 aromatic carbocycles. The minimum atomic E-state index is -0.0992. The molecule has 112 valence electrons. The molecule has 1 fully saturated rings. The van der Waals surface area contributed by atoms with Gasteiger partial charge in [-0.25, -0.2) is 0 Å². The maximum Gasteiger partial charge on any atom is 0.266 e. The number of thioether (sulfide) groups is 1. The van der Waals surface area contributed by atoms with Gasteiger partial charge in [0.2, 0.25) is 0 Å². The van der Waals surface area contributed by atoms with E-state index in [1.807, 2.05) is 37.3 Å². The summed E-state index contributed by atoms with van der Waals surface area (Å²) < 4.78 is 6.47. The fourth-order valence-electron chi connectivity index (χ4n) is 2.36. The number of para-hydroxylation sites is 1. The molecule has 1 saturated heterocycles. The SMILES string of the molecule is C=CCN1C(=O)/C(=C/C2=Cc3ccccc3OC2C)SC1=S. The third-order valence-electron chi connectivity index (χ3n) is 3.50. The Morgan fingerprint density at radius 1 is 1.45 bits per heavy atom. The number of fused-ring (bicyclic) bond motifs is 1. The smallest absolute Gasteiger partial charge is 0.266 e. The molecular weight excluding hydrogens is 314 g/mol. The van der Waals surface area contributed by atoms with E-state index in [1.165, 1.54) is 11.8 Å². The molecule has 1 atom stereocenters. The zero-order valence-corrected chi connectivity index (χ0v) is 13.7. The van der Waals surface area contributed by atoms with E-state index in [1.54, 1.807) is 11.0 Å². The van der Waals surface area contributed by atoms with Gasteiger partial charge in [-0.1, -0.05) is 48.3 Å². The van der Waals surface area contributed by atoms with E-state index in [-0.39, 0.29) is 12.0 Å². The van der Waals surface area contributed by atoms with E-state index in [0.29, 0.717) is 15.8 Å². The fraction of sp³-hybridized carbons (Fsp3) is 0.176. The van der Waals surface area contributed by atoms with Crippen LogP contribution in [0, 0.1) is 0 Å². The predicted molar refractivity (Wildman–Crippen MR) is 94.7 cm³/mol. The minimum absolute atomic E-state index is 0.0677. The molecule has 0 N–H and O–H groups in total. The largest absolute Gasteiger partial charge is 0.485 e. The summed E-state index contributed by atoms with van der Waals surface area (Å²) in [5, 5.41) is 0. The van der Waals surface area contributed by atoms with Crippen LogP contribution in [0.25, 0.3) is 6.08 Å². The third kappa shape index (κ3) is 2.74. The van der Waals surface area contributed by atoms with Gasteiger partial charge in [-0.05, 0) is 30.7 Å². The summed E-state index contributed by atoms with van der Waals surface area (Å²) in [6.45, 7) is 6.07. The topological polar surface area (TPSA) is 29.5 Å². The van der Waals surface area contributed by atoms with E-state index in [4.69, 9.17) is 17.0 Å². The number of hydrogen-bond donors (Lipinski definition) is 0. The Hall–Kier alpha value is -1.85. The number of carbonyl (C=O) groups excluding carboxylic acids is 1. The number of benzene rings is 1. The highest BCUT2D eigenvalue weighted by Crippen LogP contribution is 2.35. The molecule has 2 aliphatic heterocycles. The molecule has 2 heterocycles. The van der Waals surface area contributed by atoms with Crippen molar-refractivity contribution in [3.63, 3.8) is 0 Å². The number of nitrogens with zero attached hydrogens (tertiary/aromatic N) is 1. The van der Waals surface area contributed by atoms with Crippen molar-refractivity contribution in [3.05, 3.63) is 59.0 Å². The van der Waals surface area contributed by atoms with Crippen LogP contribution in [0.15, 0.2) is 53.5 Å². The fourth-order valence-corrected chi connectivity index (χ4v) is 3.63. The number of thiocarbonyl (C=S) groups is 1. The molecule has 1 amide bonds. The van der Waals surface area contributed by atoms with E-state index >= 15 is 0 Å². The van der Waals surface area contributed by atoms with Gasteiger partial charge in [0.15, 0.2) is 0 Å². The van der Waals surface area contributed by atoms with Gasteiger partial charge >= 0.3 is 0 Å². The summed E-state index contributed by atoms with van der Waals surface area (Å²) in [6, 6.07) is 7.86. The van der Waals surface area contributed by atoms with Crippen molar-refractivity contribution in [1.82, 2.24) is 4.90 Å². The van der Waals surface area contributed by atoms with Crippen molar-refractivity contribution >= 4 is 40.3 Å². The van der Waals surface area contributed by atoms with Gasteiger partial charge in [-0.2, -0.15) is 0 Å². The first-order valence-corrected chi connectivity index (χ1v) is 8.16. The summed E-state index contributed by atoms with van der Waals surface area (Å²) >= 11 is 6.57. The number of hydrogen-bond acceptors (Lipinski definition) is 4. The highest BCUT2D eigenvalue weighted by atomic mass is 32.2. The lowest BCUT2D eigenvalue weighted by Crippen LogP contribution is -2.28. The Balaban J connectivity index is 1.92. The maximum absolute atomic E-state index is 12.4. The lowest BCUT2D eigenvalue weighted by Gasteiger charge is -2.23. The van der Waals surface area contributed by atoms with Crippen LogP contribution in [-0.4, -0.2) is 27.8 Å². The van der Waals surface area contributed by atoms with Gasteiger partial charge in [0, 0.05) is 12.1 Å². The molecule has 1 aromatic rings. The Labute approximate surface area is 139 Å². The lowest BCUT2D eigenvalue weighted by atomic mass is 10.0. The van der Waals surface area contributed by atoms with Crippen LogP contribution in [0.1, 0.15) is 12.5 Å². The zero-order valence-electron chi connectivity index (χ0n) is 12.1. The highest BCUT2D eigenvalue weighted by molar-refractivity contribution is 8.26. The average molecular weight is 329 g/mol. The first kappa shape index (κ1) is 15.1. The van der Waals surface area contributed by atoms with Gasteiger partial charge in [-0.15, -0.1) is 6.58 Å². The van der Waals surface area contributed by atoms with Crippen LogP contribution in [0.5, 0.6) is 5.75 Å². The molecule has 3 rings (SSSR count). The third-order valence-corrected chi connectivity index (χ3v) is 4.88. The molecule has 2 aliphatic rings. The summed E-state index contributed by atoms with van der Waals surface area (Å²) in [7, 11) is 0. The Kier molecular flexibility index (Phi) is 4.18. The van der Waals surface area contributed by atoms with E-state index in [9.17, 15) is 4.79 Å². The monoisotopic (exact) mass is 329 g/mol. The number of ether oxygens (including phenoxy) is 1. The normalized spacial score (nSPS) is 22.4. The van der Waals surface area contributed by atoms with Crippen molar-refractivity contribution in [2.75, 3.05) is 6.54 Å². The van der Waals surface area contributed by atoms with Crippen molar-refractivity contribution in [1.29, 1.82) is 0 Å². The molecule has 0 bridgehead atoms. The number of rotatable bonds is 3. The summed E-state index contributed by atoms with van der Waals surface area (Å²) in [6.07, 6.45) is 5.51. The molecule has 0 spiro atoms. The molecule has 3 nitrogen and oxygen atoms in total. The van der Waals surface area contributed by atoms with Crippen molar-refractivity contribution < 1.29 is 9.53 Å². The first-order valence-electron chi connectivity index (χ1n) is 6.93. The summed E-state index contributed by atoms with van der Waals surface area (Å²) in [5.41, 5.74) is 1.99. The van der Waals surface area contributed by atoms with E-state index < -0.39 is 0 Å².